The van der Waals surface area contributed by atoms with Crippen LogP contribution in [0.2, 0.25) is 10.0 Å². The number of rotatable bonds is 18. The Balaban J connectivity index is 1.19. The van der Waals surface area contributed by atoms with E-state index < -0.39 is 47.3 Å². The maximum Gasteiger partial charge on any atom is 0.258 e. The van der Waals surface area contributed by atoms with Crippen LogP contribution < -0.4 is 21.3 Å². The summed E-state index contributed by atoms with van der Waals surface area (Å²) >= 11 is 24.1. The molecule has 62 heavy (non-hydrogen) atoms. The van der Waals surface area contributed by atoms with E-state index in [-0.39, 0.29) is 43.9 Å². The van der Waals surface area contributed by atoms with E-state index in [4.69, 9.17) is 46.4 Å². The van der Waals surface area contributed by atoms with E-state index >= 15 is 0 Å². The second kappa shape index (κ2) is 22.5. The minimum atomic E-state index is -1.55. The SMILES string of the molecule is CC(=O)C(N=Nc1cc(Cl)cc(C(=O)Nc2ccc(CCCl)cc2)c1)C(=O)Nc1ccc(NC(=O)C(N=Nc2cc(Cl)cc(C(=O)Nc3ccc(CCCl)cc3)c2)C(C)=O)cc1. The summed E-state index contributed by atoms with van der Waals surface area (Å²) in [5.74, 6) is -2.81. The zero-order valence-electron chi connectivity index (χ0n) is 33.1. The van der Waals surface area contributed by atoms with Crippen molar-refractivity contribution in [3.63, 3.8) is 0 Å². The van der Waals surface area contributed by atoms with Crippen LogP contribution in [-0.4, -0.2) is 59.0 Å². The van der Waals surface area contributed by atoms with Crippen molar-refractivity contribution in [3.8, 4) is 0 Å². The molecule has 0 radical (unpaired) electrons. The molecule has 0 fully saturated rings. The van der Waals surface area contributed by atoms with Gasteiger partial charge in [-0.25, -0.2) is 0 Å². The third-order valence-corrected chi connectivity index (χ3v) is 9.56. The molecule has 318 valence electrons. The second-order valence-electron chi connectivity index (χ2n) is 13.6. The molecule has 0 heterocycles. The van der Waals surface area contributed by atoms with E-state index in [0.717, 1.165) is 11.1 Å². The summed E-state index contributed by atoms with van der Waals surface area (Å²) in [4.78, 5) is 77.2. The van der Waals surface area contributed by atoms with Gasteiger partial charge in [-0.1, -0.05) is 47.5 Å². The van der Waals surface area contributed by atoms with Crippen molar-refractivity contribution in [2.45, 2.75) is 38.8 Å². The second-order valence-corrected chi connectivity index (χ2v) is 15.2. The zero-order chi connectivity index (χ0) is 44.8. The number of anilines is 4. The summed E-state index contributed by atoms with van der Waals surface area (Å²) in [6.45, 7) is 2.35. The summed E-state index contributed by atoms with van der Waals surface area (Å²) < 4.78 is 0. The van der Waals surface area contributed by atoms with Gasteiger partial charge in [0.15, 0.2) is 11.6 Å². The van der Waals surface area contributed by atoms with Gasteiger partial charge in [0.1, 0.15) is 0 Å². The lowest BCUT2D eigenvalue weighted by Crippen LogP contribution is -2.32. The Hall–Kier alpha value is -6.32. The van der Waals surface area contributed by atoms with Crippen molar-refractivity contribution in [2.75, 3.05) is 33.0 Å². The molecule has 18 heteroatoms. The first-order valence-electron chi connectivity index (χ1n) is 18.8. The molecule has 4 N–H and O–H groups in total. The number of amides is 4. The van der Waals surface area contributed by atoms with Crippen molar-refractivity contribution < 1.29 is 28.8 Å². The van der Waals surface area contributed by atoms with Crippen molar-refractivity contribution in [1.82, 2.24) is 0 Å². The number of alkyl halides is 2. The van der Waals surface area contributed by atoms with E-state index in [2.05, 4.69) is 41.7 Å². The predicted octanol–water partition coefficient (Wildman–Crippen LogP) is 10.4. The molecule has 0 spiro atoms. The van der Waals surface area contributed by atoms with Gasteiger partial charge in [0, 0.05) is 55.7 Å². The molecule has 2 atom stereocenters. The fourth-order valence-electron chi connectivity index (χ4n) is 5.60. The lowest BCUT2D eigenvalue weighted by molar-refractivity contribution is -0.127. The molecular formula is C44H38Cl4N8O6. The number of benzene rings is 5. The minimum absolute atomic E-state index is 0.128. The number of Topliss-reactive ketones (excluding diaryl/α,β-unsaturated/α-hetero) is 2. The Morgan fingerprint density at radius 1 is 0.484 bits per heavy atom. The van der Waals surface area contributed by atoms with Crippen LogP contribution in [0.5, 0.6) is 0 Å². The Morgan fingerprint density at radius 3 is 1.13 bits per heavy atom. The van der Waals surface area contributed by atoms with Gasteiger partial charge >= 0.3 is 0 Å². The lowest BCUT2D eigenvalue weighted by Gasteiger charge is -2.12. The Morgan fingerprint density at radius 2 is 0.806 bits per heavy atom. The molecule has 0 bridgehead atoms. The molecule has 4 amide bonds. The van der Waals surface area contributed by atoms with Crippen LogP contribution in [0, 0.1) is 0 Å². The summed E-state index contributed by atoms with van der Waals surface area (Å²) in [5.41, 5.74) is 4.24. The monoisotopic (exact) mass is 914 g/mol. The fourth-order valence-corrected chi connectivity index (χ4v) is 6.50. The number of hydrogen-bond acceptors (Lipinski definition) is 10. The summed E-state index contributed by atoms with van der Waals surface area (Å²) in [6.07, 6.45) is 1.38. The van der Waals surface area contributed by atoms with Gasteiger partial charge in [-0.05, 0) is 123 Å². The highest BCUT2D eigenvalue weighted by molar-refractivity contribution is 6.31. The Labute approximate surface area is 376 Å². The van der Waals surface area contributed by atoms with Gasteiger partial charge in [0.25, 0.3) is 23.6 Å². The maximum atomic E-state index is 13.1. The molecule has 5 rings (SSSR count). The normalized spacial score (nSPS) is 12.1. The third kappa shape index (κ3) is 13.9. The van der Waals surface area contributed by atoms with Gasteiger partial charge in [-0.3, -0.25) is 28.8 Å². The van der Waals surface area contributed by atoms with E-state index in [0.29, 0.717) is 36.0 Å². The molecular weight excluding hydrogens is 878 g/mol. The van der Waals surface area contributed by atoms with E-state index in [9.17, 15) is 28.8 Å². The maximum absolute atomic E-state index is 13.1. The van der Waals surface area contributed by atoms with Gasteiger partial charge in [-0.15, -0.1) is 23.2 Å². The summed E-state index contributed by atoms with van der Waals surface area (Å²) in [5, 5.41) is 27.0. The first-order chi connectivity index (χ1) is 29.7. The number of nitrogens with one attached hydrogen (secondary N) is 4. The summed E-state index contributed by atoms with van der Waals surface area (Å²) in [7, 11) is 0. The van der Waals surface area contributed by atoms with Crippen LogP contribution in [0.1, 0.15) is 45.7 Å². The van der Waals surface area contributed by atoms with Crippen LogP contribution in [0.15, 0.2) is 130 Å². The average molecular weight is 917 g/mol. The smallest absolute Gasteiger partial charge is 0.258 e. The molecule has 5 aromatic rings. The van der Waals surface area contributed by atoms with Gasteiger partial charge in [0.05, 0.1) is 11.4 Å². The molecule has 0 saturated heterocycles. The number of azo groups is 2. The van der Waals surface area contributed by atoms with Crippen molar-refractivity contribution >= 4 is 116 Å². The number of carbonyl (C=O) groups excluding carboxylic acids is 6. The van der Waals surface area contributed by atoms with Crippen LogP contribution in [0.25, 0.3) is 0 Å². The number of hydrogen-bond donors (Lipinski definition) is 4. The molecule has 5 aromatic carbocycles. The number of nitrogens with zero attached hydrogens (tertiary/aromatic N) is 4. The zero-order valence-corrected chi connectivity index (χ0v) is 36.1. The van der Waals surface area contributed by atoms with E-state index in [1.807, 2.05) is 24.3 Å². The molecule has 2 unspecified atom stereocenters. The number of ketones is 2. The first kappa shape index (κ1) is 46.7. The molecule has 0 aromatic heterocycles. The molecule has 0 aliphatic heterocycles. The van der Waals surface area contributed by atoms with Crippen LogP contribution in [0.3, 0.4) is 0 Å². The van der Waals surface area contributed by atoms with Crippen molar-refractivity contribution in [1.29, 1.82) is 0 Å². The quantitative estimate of drug-likeness (QED) is 0.0383. The third-order valence-electron chi connectivity index (χ3n) is 8.74. The van der Waals surface area contributed by atoms with Gasteiger partial charge < -0.3 is 21.3 Å². The summed E-state index contributed by atoms with van der Waals surface area (Å²) in [6, 6.07) is 25.7. The minimum Gasteiger partial charge on any atom is -0.324 e. The number of aryl methyl sites for hydroxylation is 2. The standard InChI is InChI=1S/C44H38Cl4N8O6/c1-25(57)39(55-53-37-21-29(19-31(47)23-37)41(59)49-33-7-3-27(4-8-33)15-17-45)43(61)51-35-11-13-36(14-12-35)52-44(62)40(26(2)58)56-54-38-22-30(20-32(48)24-38)42(60)50-34-9-5-28(6-10-34)16-18-46/h3-14,19-24,39-40H,15-18H2,1-2H3,(H,49,59)(H,50,60)(H,51,61)(H,52,62). The Bertz CT molecular complexity index is 2340. The highest BCUT2D eigenvalue weighted by Gasteiger charge is 2.25. The van der Waals surface area contributed by atoms with E-state index in [1.54, 1.807) is 24.3 Å². The van der Waals surface area contributed by atoms with Gasteiger partial charge in [0.2, 0.25) is 12.1 Å². The highest BCUT2D eigenvalue weighted by atomic mass is 35.5. The average Bonchev–Trinajstić information content (AvgIpc) is 3.22. The molecule has 0 saturated carbocycles. The number of halogens is 4. The first-order valence-corrected chi connectivity index (χ1v) is 20.6. The van der Waals surface area contributed by atoms with Crippen molar-refractivity contribution in [2.24, 2.45) is 20.5 Å². The van der Waals surface area contributed by atoms with E-state index in [1.165, 1.54) is 74.5 Å². The highest BCUT2D eigenvalue weighted by Crippen LogP contribution is 2.26. The fraction of sp³-hybridized carbons (Fsp3) is 0.182. The van der Waals surface area contributed by atoms with Crippen LogP contribution >= 0.6 is 46.4 Å². The topological polar surface area (TPSA) is 200 Å². The predicted molar refractivity (Wildman–Crippen MR) is 242 cm³/mol. The van der Waals surface area contributed by atoms with Crippen LogP contribution in [-0.2, 0) is 32.0 Å². The van der Waals surface area contributed by atoms with Crippen molar-refractivity contribution in [3.05, 3.63) is 141 Å². The largest absolute Gasteiger partial charge is 0.324 e. The molecule has 0 aliphatic carbocycles. The van der Waals surface area contributed by atoms with Crippen LogP contribution in [0.4, 0.5) is 34.1 Å². The van der Waals surface area contributed by atoms with Gasteiger partial charge in [-0.2, -0.15) is 20.5 Å². The lowest BCUT2D eigenvalue weighted by atomic mass is 10.1. The Kier molecular flexibility index (Phi) is 17.0. The number of carbonyl (C=O) groups is 6. The molecule has 0 aliphatic rings. The molecule has 14 nitrogen and oxygen atoms in total.